The first-order valence-corrected chi connectivity index (χ1v) is 11.8. The lowest BCUT2D eigenvalue weighted by Crippen LogP contribution is -2.06. The topological polar surface area (TPSA) is 115 Å². The van der Waals surface area contributed by atoms with Gasteiger partial charge in [0, 0.05) is 30.1 Å². The third-order valence-corrected chi connectivity index (χ3v) is 6.17. The van der Waals surface area contributed by atoms with Crippen LogP contribution in [0.5, 0.6) is 5.88 Å². The molecule has 1 aromatic heterocycles. The van der Waals surface area contributed by atoms with E-state index in [1.165, 1.54) is 25.6 Å². The third-order valence-electron chi connectivity index (χ3n) is 4.54. The van der Waals surface area contributed by atoms with Crippen LogP contribution in [0, 0.1) is 5.82 Å². The Hall–Kier alpha value is -3.73. The zero-order valence-corrected chi connectivity index (χ0v) is 19.4. The van der Waals surface area contributed by atoms with Crippen LogP contribution in [-0.2, 0) is 14.5 Å². The first-order chi connectivity index (χ1) is 15.8. The van der Waals surface area contributed by atoms with Gasteiger partial charge in [0.1, 0.15) is 5.82 Å². The fraction of sp³-hybridized carbons (Fsp3) is 0.227. The van der Waals surface area contributed by atoms with Crippen LogP contribution < -0.4 is 15.4 Å². The average molecular weight is 474 g/mol. The normalized spacial score (nSPS) is 12.4. The number of nitrogens with one attached hydrogen (secondary N) is 2. The van der Waals surface area contributed by atoms with E-state index in [0.717, 1.165) is 0 Å². The molecule has 33 heavy (non-hydrogen) atoms. The Kier molecular flexibility index (Phi) is 7.44. The second-order valence-corrected chi connectivity index (χ2v) is 9.07. The van der Waals surface area contributed by atoms with Gasteiger partial charge in [-0.15, -0.1) is 4.36 Å². The molecule has 2 N–H and O–H groups in total. The number of anilines is 3. The van der Waals surface area contributed by atoms with Gasteiger partial charge in [0.2, 0.25) is 11.8 Å². The summed E-state index contributed by atoms with van der Waals surface area (Å²) in [6.07, 6.45) is 1.99. The van der Waals surface area contributed by atoms with Crippen molar-refractivity contribution in [2.24, 2.45) is 4.36 Å². The van der Waals surface area contributed by atoms with Crippen molar-refractivity contribution in [1.82, 2.24) is 9.97 Å². The van der Waals surface area contributed by atoms with Gasteiger partial charge in [0.15, 0.2) is 0 Å². The molecule has 9 nitrogen and oxygen atoms in total. The zero-order valence-electron chi connectivity index (χ0n) is 18.6. The van der Waals surface area contributed by atoms with E-state index in [1.807, 2.05) is 0 Å². The van der Waals surface area contributed by atoms with Crippen molar-refractivity contribution in [2.45, 2.75) is 11.8 Å². The molecular formula is C22H24FN5O4S. The number of rotatable bonds is 7. The molecule has 11 heteroatoms. The molecule has 0 bridgehead atoms. The molecule has 1 heterocycles. The monoisotopic (exact) mass is 473 g/mol. The fourth-order valence-electron chi connectivity index (χ4n) is 2.95. The minimum atomic E-state index is -3.01. The number of carbonyl (C=O) groups is 1. The highest BCUT2D eigenvalue weighted by Crippen LogP contribution is 2.31. The van der Waals surface area contributed by atoms with Gasteiger partial charge in [-0.2, -0.15) is 4.98 Å². The van der Waals surface area contributed by atoms with Crippen LogP contribution in [-0.4, -0.2) is 47.3 Å². The quantitative estimate of drug-likeness (QED) is 0.508. The molecule has 0 spiro atoms. The van der Waals surface area contributed by atoms with E-state index in [9.17, 15) is 13.4 Å². The predicted octanol–water partition coefficient (Wildman–Crippen LogP) is 4.69. The molecule has 3 aromatic rings. The summed E-state index contributed by atoms with van der Waals surface area (Å²) in [5.41, 5.74) is 1.98. The highest BCUT2D eigenvalue weighted by Gasteiger charge is 2.14. The summed E-state index contributed by atoms with van der Waals surface area (Å²) in [7, 11) is 0.0864. The summed E-state index contributed by atoms with van der Waals surface area (Å²) < 4.78 is 40.8. The number of carbonyl (C=O) groups excluding carboxylic acids is 1. The van der Waals surface area contributed by atoms with Crippen LogP contribution in [0.4, 0.5) is 26.5 Å². The first kappa shape index (κ1) is 23.9. The van der Waals surface area contributed by atoms with E-state index in [2.05, 4.69) is 25.0 Å². The number of amides is 1. The second-order valence-electron chi connectivity index (χ2n) is 6.81. The minimum Gasteiger partial charge on any atom is -0.480 e. The van der Waals surface area contributed by atoms with E-state index in [-0.39, 0.29) is 18.4 Å². The van der Waals surface area contributed by atoms with Crippen molar-refractivity contribution in [3.63, 3.8) is 0 Å². The van der Waals surface area contributed by atoms with E-state index in [0.29, 0.717) is 27.4 Å². The minimum absolute atomic E-state index is 0.140. The van der Waals surface area contributed by atoms with Crippen molar-refractivity contribution in [2.75, 3.05) is 37.7 Å². The summed E-state index contributed by atoms with van der Waals surface area (Å²) >= 11 is 0. The van der Waals surface area contributed by atoms with Crippen molar-refractivity contribution in [1.29, 1.82) is 0 Å². The second kappa shape index (κ2) is 10.3. The van der Waals surface area contributed by atoms with Gasteiger partial charge >= 0.3 is 6.09 Å². The van der Waals surface area contributed by atoms with Crippen LogP contribution in [0.25, 0.3) is 11.1 Å². The Bertz CT molecular complexity index is 1290. The number of benzene rings is 2. The van der Waals surface area contributed by atoms with Crippen LogP contribution in [0.1, 0.15) is 6.92 Å². The number of hydrogen-bond donors (Lipinski definition) is 2. The van der Waals surface area contributed by atoms with Crippen LogP contribution in [0.15, 0.2) is 57.9 Å². The van der Waals surface area contributed by atoms with Crippen LogP contribution >= 0.6 is 0 Å². The van der Waals surface area contributed by atoms with E-state index < -0.39 is 21.6 Å². The van der Waals surface area contributed by atoms with Crippen LogP contribution in [0.2, 0.25) is 0 Å². The molecule has 0 saturated carbocycles. The highest BCUT2D eigenvalue weighted by atomic mass is 32.2. The van der Waals surface area contributed by atoms with Crippen molar-refractivity contribution < 1.29 is 22.9 Å². The third kappa shape index (κ3) is 5.75. The van der Waals surface area contributed by atoms with Gasteiger partial charge in [-0.05, 0) is 42.8 Å². The number of nitrogens with zero attached hydrogens (tertiary/aromatic N) is 3. The summed E-state index contributed by atoms with van der Waals surface area (Å²) in [4.78, 5) is 20.6. The smallest absolute Gasteiger partial charge is 0.442 e. The maximum Gasteiger partial charge on any atom is 0.442 e. The molecule has 0 aliphatic heterocycles. The van der Waals surface area contributed by atoms with Gasteiger partial charge in [-0.25, -0.2) is 18.4 Å². The van der Waals surface area contributed by atoms with Gasteiger partial charge in [-0.1, -0.05) is 12.1 Å². The molecule has 174 valence electrons. The predicted molar refractivity (Wildman–Crippen MR) is 125 cm³/mol. The van der Waals surface area contributed by atoms with Crippen molar-refractivity contribution in [3.05, 3.63) is 54.5 Å². The number of ether oxygens (including phenoxy) is 2. The van der Waals surface area contributed by atoms with Gasteiger partial charge < -0.3 is 20.1 Å². The summed E-state index contributed by atoms with van der Waals surface area (Å²) in [6.45, 7) is 1.78. The number of hydrogen-bond acceptors (Lipinski definition) is 8. The van der Waals surface area contributed by atoms with Gasteiger partial charge in [-0.3, -0.25) is 0 Å². The molecule has 1 unspecified atom stereocenters. The Morgan fingerprint density at radius 1 is 1.24 bits per heavy atom. The lowest BCUT2D eigenvalue weighted by Gasteiger charge is -2.12. The maximum atomic E-state index is 14.2. The summed E-state index contributed by atoms with van der Waals surface area (Å²) in [5.74, 6) is 0.0503. The van der Waals surface area contributed by atoms with E-state index in [1.54, 1.807) is 50.4 Å². The lowest BCUT2D eigenvalue weighted by atomic mass is 10.1. The Morgan fingerprint density at radius 2 is 2.03 bits per heavy atom. The average Bonchev–Trinajstić information content (AvgIpc) is 2.79. The number of methoxy groups -OCH3 is 1. The Balaban J connectivity index is 1.89. The van der Waals surface area contributed by atoms with E-state index >= 15 is 0 Å². The molecule has 0 radical (unpaired) electrons. The van der Waals surface area contributed by atoms with Crippen LogP contribution in [0.3, 0.4) is 0 Å². The molecule has 0 fully saturated rings. The molecule has 1 amide bonds. The number of halogens is 1. The zero-order chi connectivity index (χ0) is 24.0. The Morgan fingerprint density at radius 3 is 2.70 bits per heavy atom. The molecular weight excluding hydrogens is 449 g/mol. The van der Waals surface area contributed by atoms with Crippen molar-refractivity contribution >= 4 is 33.1 Å². The maximum absolute atomic E-state index is 14.2. The highest BCUT2D eigenvalue weighted by molar-refractivity contribution is 7.93. The molecule has 0 aliphatic rings. The SMILES string of the molecule is CCOC(=O)N=S(C)(=O)c1cccc(Nc2ncc(-c3ccc(NC)c(F)c3)c(OC)n2)c1. The molecule has 2 aromatic carbocycles. The van der Waals surface area contributed by atoms with E-state index in [4.69, 9.17) is 9.47 Å². The molecule has 1 atom stereocenters. The first-order valence-electron chi connectivity index (χ1n) is 9.92. The molecule has 0 aliphatic carbocycles. The van der Waals surface area contributed by atoms with Gasteiger partial charge in [0.05, 0.1) is 34.7 Å². The fourth-order valence-corrected chi connectivity index (χ4v) is 4.07. The summed E-state index contributed by atoms with van der Waals surface area (Å²) in [6, 6.07) is 11.3. The standard InChI is InChI=1S/C22H24FN5O4S/c1-5-32-22(29)28-33(4,30)16-8-6-7-15(12-16)26-21-25-13-17(20(27-21)31-3)14-9-10-19(24-2)18(23)11-14/h6-13,24H,5H2,1-4H3,(H,25,26,27). The van der Waals surface area contributed by atoms with Crippen molar-refractivity contribution in [3.8, 4) is 17.0 Å². The summed E-state index contributed by atoms with van der Waals surface area (Å²) in [5, 5.41) is 5.78. The number of aromatic nitrogens is 2. The largest absolute Gasteiger partial charge is 0.480 e. The van der Waals surface area contributed by atoms with Gasteiger partial charge in [0.25, 0.3) is 0 Å². The lowest BCUT2D eigenvalue weighted by molar-refractivity contribution is 0.164. The Labute approximate surface area is 191 Å². The molecule has 0 saturated heterocycles. The molecule has 3 rings (SSSR count).